The number of anilines is 3. The van der Waals surface area contributed by atoms with E-state index in [9.17, 15) is 0 Å². The summed E-state index contributed by atoms with van der Waals surface area (Å²) in [6, 6.07) is 0.479. The summed E-state index contributed by atoms with van der Waals surface area (Å²) in [5, 5.41) is 11.8. The van der Waals surface area contributed by atoms with Gasteiger partial charge in [0.15, 0.2) is 5.82 Å². The molecule has 4 heterocycles. The van der Waals surface area contributed by atoms with Crippen LogP contribution in [0, 0.1) is 6.92 Å². The Morgan fingerprint density at radius 1 is 1.23 bits per heavy atom. The first-order chi connectivity index (χ1) is 12.6. The molecule has 1 saturated heterocycles. The molecule has 2 N–H and O–H groups in total. The average Bonchev–Trinajstić information content (AvgIpc) is 2.93. The molecular weight excluding hydrogens is 356 g/mol. The fourth-order valence-corrected chi connectivity index (χ4v) is 3.45. The van der Waals surface area contributed by atoms with E-state index in [4.69, 9.17) is 26.2 Å². The molecule has 9 heteroatoms. The van der Waals surface area contributed by atoms with Crippen LogP contribution in [0.25, 0.3) is 0 Å². The van der Waals surface area contributed by atoms with Crippen molar-refractivity contribution in [2.75, 3.05) is 30.5 Å². The molecule has 0 aliphatic carbocycles. The summed E-state index contributed by atoms with van der Waals surface area (Å²) >= 11 is 6.22. The molecule has 2 aliphatic rings. The molecular formula is C17H23ClN6O2. The topological polar surface area (TPSA) is 86.1 Å². The van der Waals surface area contributed by atoms with Crippen LogP contribution in [0.2, 0.25) is 5.02 Å². The van der Waals surface area contributed by atoms with Crippen LogP contribution in [-0.4, -0.2) is 45.6 Å². The molecule has 0 saturated carbocycles. The Kier molecular flexibility index (Phi) is 4.86. The molecule has 26 heavy (non-hydrogen) atoms. The maximum absolute atomic E-state index is 6.22. The Morgan fingerprint density at radius 3 is 2.85 bits per heavy atom. The van der Waals surface area contributed by atoms with E-state index in [1.54, 1.807) is 6.20 Å². The van der Waals surface area contributed by atoms with Gasteiger partial charge in [-0.15, -0.1) is 5.10 Å². The second kappa shape index (κ2) is 7.28. The van der Waals surface area contributed by atoms with Crippen molar-refractivity contribution >= 4 is 29.1 Å². The van der Waals surface area contributed by atoms with Gasteiger partial charge in [0.1, 0.15) is 10.7 Å². The van der Waals surface area contributed by atoms with Crippen molar-refractivity contribution in [1.82, 2.24) is 19.7 Å². The Bertz CT molecular complexity index is 790. The quantitative estimate of drug-likeness (QED) is 0.787. The number of fused-ring (bicyclic) bond motifs is 3. The zero-order valence-electron chi connectivity index (χ0n) is 15.0. The lowest BCUT2D eigenvalue weighted by Gasteiger charge is -2.23. The van der Waals surface area contributed by atoms with E-state index >= 15 is 0 Å². The standard InChI is InChI=1S/C17H23ClN6O2/c1-10-3-8-26-16-14(21-17-19-9-13(18)15(20-10)22-17)11(2)24(23-16)12-4-6-25-7-5-12/h9-10,12H,3-8H2,1-2H3,(H2,19,20,21,22)/t10-/m0/s1. The van der Waals surface area contributed by atoms with Gasteiger partial charge in [0.2, 0.25) is 5.95 Å². The molecule has 2 aromatic rings. The van der Waals surface area contributed by atoms with Crippen molar-refractivity contribution in [3.05, 3.63) is 16.9 Å². The first kappa shape index (κ1) is 17.4. The highest BCUT2D eigenvalue weighted by Crippen LogP contribution is 2.35. The number of aromatic nitrogens is 4. The predicted octanol–water partition coefficient (Wildman–Crippen LogP) is 3.31. The fraction of sp³-hybridized carbons (Fsp3) is 0.588. The first-order valence-electron chi connectivity index (χ1n) is 8.97. The number of ether oxygens (including phenoxy) is 2. The summed E-state index contributed by atoms with van der Waals surface area (Å²) < 4.78 is 13.5. The second-order valence-electron chi connectivity index (χ2n) is 6.75. The molecule has 4 rings (SSSR count). The van der Waals surface area contributed by atoms with Gasteiger partial charge in [-0.1, -0.05) is 11.6 Å². The molecule has 1 fully saturated rings. The van der Waals surface area contributed by atoms with Gasteiger partial charge >= 0.3 is 0 Å². The van der Waals surface area contributed by atoms with Crippen LogP contribution in [0.4, 0.5) is 17.5 Å². The van der Waals surface area contributed by atoms with Crippen LogP contribution in [0.1, 0.15) is 37.9 Å². The predicted molar refractivity (Wildman–Crippen MR) is 99.6 cm³/mol. The van der Waals surface area contributed by atoms with Gasteiger partial charge in [0, 0.05) is 25.7 Å². The lowest BCUT2D eigenvalue weighted by Crippen LogP contribution is -2.22. The Balaban J connectivity index is 1.72. The minimum absolute atomic E-state index is 0.162. The Morgan fingerprint density at radius 2 is 2.04 bits per heavy atom. The van der Waals surface area contributed by atoms with E-state index in [1.807, 2.05) is 11.6 Å². The van der Waals surface area contributed by atoms with E-state index in [0.717, 1.165) is 43.9 Å². The highest BCUT2D eigenvalue weighted by atomic mass is 35.5. The lowest BCUT2D eigenvalue weighted by atomic mass is 10.1. The SMILES string of the molecule is Cc1c2c(nn1C1CCOCC1)OCC[C@H](C)Nc1nc(ncc1Cl)N2. The summed E-state index contributed by atoms with van der Waals surface area (Å²) in [6.07, 6.45) is 4.30. The fourth-order valence-electron chi connectivity index (χ4n) is 3.30. The van der Waals surface area contributed by atoms with Crippen LogP contribution in [-0.2, 0) is 4.74 Å². The molecule has 0 amide bonds. The van der Waals surface area contributed by atoms with Crippen LogP contribution in [0.5, 0.6) is 5.88 Å². The molecule has 140 valence electrons. The number of nitrogens with zero attached hydrogens (tertiary/aromatic N) is 4. The Hall–Kier alpha value is -2.06. The van der Waals surface area contributed by atoms with Gasteiger partial charge in [0.25, 0.3) is 5.88 Å². The van der Waals surface area contributed by atoms with Gasteiger partial charge < -0.3 is 20.1 Å². The number of nitrogens with one attached hydrogen (secondary N) is 2. The van der Waals surface area contributed by atoms with Gasteiger partial charge in [0.05, 0.1) is 24.5 Å². The number of hydrogen-bond donors (Lipinski definition) is 2. The number of halogens is 1. The molecule has 0 spiro atoms. The highest BCUT2D eigenvalue weighted by molar-refractivity contribution is 6.32. The van der Waals surface area contributed by atoms with Crippen LogP contribution >= 0.6 is 11.6 Å². The Labute approximate surface area is 157 Å². The van der Waals surface area contributed by atoms with E-state index in [0.29, 0.717) is 35.3 Å². The van der Waals surface area contributed by atoms with Crippen molar-refractivity contribution in [2.24, 2.45) is 0 Å². The lowest BCUT2D eigenvalue weighted by molar-refractivity contribution is 0.0652. The number of rotatable bonds is 1. The van der Waals surface area contributed by atoms with Gasteiger partial charge in [-0.2, -0.15) is 4.98 Å². The summed E-state index contributed by atoms with van der Waals surface area (Å²) in [6.45, 7) is 6.17. The van der Waals surface area contributed by atoms with Crippen LogP contribution < -0.4 is 15.4 Å². The minimum atomic E-state index is 0.162. The molecule has 1 atom stereocenters. The van der Waals surface area contributed by atoms with E-state index in [2.05, 4.69) is 27.5 Å². The first-order valence-corrected chi connectivity index (χ1v) is 9.35. The summed E-state index contributed by atoms with van der Waals surface area (Å²) in [5.41, 5.74) is 1.81. The van der Waals surface area contributed by atoms with E-state index in [-0.39, 0.29) is 6.04 Å². The van der Waals surface area contributed by atoms with Crippen LogP contribution in [0.15, 0.2) is 6.20 Å². The molecule has 2 bridgehead atoms. The van der Waals surface area contributed by atoms with Gasteiger partial charge in [-0.05, 0) is 26.7 Å². The van der Waals surface area contributed by atoms with Gasteiger partial charge in [-0.3, -0.25) is 4.68 Å². The van der Waals surface area contributed by atoms with E-state index in [1.165, 1.54) is 0 Å². The molecule has 8 nitrogen and oxygen atoms in total. The zero-order valence-corrected chi connectivity index (χ0v) is 15.7. The normalized spacial score (nSPS) is 21.0. The average molecular weight is 379 g/mol. The summed E-state index contributed by atoms with van der Waals surface area (Å²) in [4.78, 5) is 8.80. The van der Waals surface area contributed by atoms with Crippen molar-refractivity contribution in [3.63, 3.8) is 0 Å². The van der Waals surface area contributed by atoms with Gasteiger partial charge in [-0.25, -0.2) is 4.98 Å². The van der Waals surface area contributed by atoms with E-state index < -0.39 is 0 Å². The maximum Gasteiger partial charge on any atom is 0.257 e. The van der Waals surface area contributed by atoms with Crippen molar-refractivity contribution in [1.29, 1.82) is 0 Å². The largest absolute Gasteiger partial charge is 0.475 e. The number of hydrogen-bond acceptors (Lipinski definition) is 7. The van der Waals surface area contributed by atoms with Crippen molar-refractivity contribution in [2.45, 2.75) is 45.2 Å². The third kappa shape index (κ3) is 3.43. The third-order valence-corrected chi connectivity index (χ3v) is 5.08. The molecule has 2 aliphatic heterocycles. The smallest absolute Gasteiger partial charge is 0.257 e. The summed E-state index contributed by atoms with van der Waals surface area (Å²) in [7, 11) is 0. The second-order valence-corrected chi connectivity index (χ2v) is 7.16. The maximum atomic E-state index is 6.22. The minimum Gasteiger partial charge on any atom is -0.475 e. The monoisotopic (exact) mass is 378 g/mol. The summed E-state index contributed by atoms with van der Waals surface area (Å²) in [5.74, 6) is 1.67. The molecule has 2 aromatic heterocycles. The van der Waals surface area contributed by atoms with Crippen LogP contribution in [0.3, 0.4) is 0 Å². The molecule has 0 radical (unpaired) electrons. The zero-order chi connectivity index (χ0) is 18.1. The third-order valence-electron chi connectivity index (χ3n) is 4.81. The van der Waals surface area contributed by atoms with Crippen molar-refractivity contribution < 1.29 is 9.47 Å². The highest BCUT2D eigenvalue weighted by Gasteiger charge is 2.25. The molecule has 0 aromatic carbocycles. The van der Waals surface area contributed by atoms with Crippen molar-refractivity contribution in [3.8, 4) is 5.88 Å². The molecule has 0 unspecified atom stereocenters.